The normalized spacial score (nSPS) is 10.5. The van der Waals surface area contributed by atoms with Gasteiger partial charge < -0.3 is 4.74 Å². The van der Waals surface area contributed by atoms with Crippen LogP contribution in [0, 0.1) is 12.7 Å². The molecule has 3 rings (SSSR count). The Morgan fingerprint density at radius 2 is 2.08 bits per heavy atom. The summed E-state index contributed by atoms with van der Waals surface area (Å²) in [6.07, 6.45) is 0. The van der Waals surface area contributed by atoms with E-state index in [2.05, 4.69) is 14.7 Å². The van der Waals surface area contributed by atoms with E-state index in [1.807, 2.05) is 18.2 Å². The summed E-state index contributed by atoms with van der Waals surface area (Å²) in [6, 6.07) is 11.7. The van der Waals surface area contributed by atoms with Crippen molar-refractivity contribution in [2.24, 2.45) is 0 Å². The van der Waals surface area contributed by atoms with Gasteiger partial charge >= 0.3 is 0 Å². The minimum absolute atomic E-state index is 0.0202. The van der Waals surface area contributed by atoms with E-state index in [1.165, 1.54) is 12.1 Å². The SMILES string of the molecule is COc1cccc(-c2nsc(NC(=O)c3cc(C)ccc3F)n2)c1. The fraction of sp³-hybridized carbons (Fsp3) is 0.118. The van der Waals surface area contributed by atoms with Gasteiger partial charge in [0.1, 0.15) is 11.6 Å². The third-order valence-corrected chi connectivity index (χ3v) is 3.97. The van der Waals surface area contributed by atoms with Crippen molar-refractivity contribution >= 4 is 22.6 Å². The van der Waals surface area contributed by atoms with Crippen LogP contribution in [-0.4, -0.2) is 22.4 Å². The molecule has 0 aliphatic rings. The van der Waals surface area contributed by atoms with Crippen molar-refractivity contribution in [3.63, 3.8) is 0 Å². The first-order chi connectivity index (χ1) is 11.6. The van der Waals surface area contributed by atoms with E-state index in [9.17, 15) is 9.18 Å². The highest BCUT2D eigenvalue weighted by Crippen LogP contribution is 2.25. The van der Waals surface area contributed by atoms with Gasteiger partial charge in [0.05, 0.1) is 12.7 Å². The van der Waals surface area contributed by atoms with Gasteiger partial charge in [0.15, 0.2) is 5.82 Å². The molecular weight excluding hydrogens is 329 g/mol. The third kappa shape index (κ3) is 3.41. The Morgan fingerprint density at radius 3 is 2.88 bits per heavy atom. The van der Waals surface area contributed by atoms with Gasteiger partial charge in [0.2, 0.25) is 5.13 Å². The van der Waals surface area contributed by atoms with Crippen LogP contribution in [0.25, 0.3) is 11.4 Å². The standard InChI is InChI=1S/C17H14FN3O2S/c1-10-6-7-14(18)13(8-10)16(22)20-17-19-15(21-24-17)11-4-3-5-12(9-11)23-2/h3-9H,1-2H3,(H,19,20,21,22). The first-order valence-electron chi connectivity index (χ1n) is 7.12. The zero-order valence-electron chi connectivity index (χ0n) is 13.0. The van der Waals surface area contributed by atoms with Crippen LogP contribution in [0.4, 0.5) is 9.52 Å². The number of carbonyl (C=O) groups excluding carboxylic acids is 1. The number of aromatic nitrogens is 2. The number of nitrogens with one attached hydrogen (secondary N) is 1. The lowest BCUT2D eigenvalue weighted by molar-refractivity contribution is 0.102. The van der Waals surface area contributed by atoms with Gasteiger partial charge in [-0.3, -0.25) is 10.1 Å². The van der Waals surface area contributed by atoms with Crippen LogP contribution in [0.2, 0.25) is 0 Å². The smallest absolute Gasteiger partial charge is 0.260 e. The largest absolute Gasteiger partial charge is 0.497 e. The van der Waals surface area contributed by atoms with Crippen LogP contribution < -0.4 is 10.1 Å². The average molecular weight is 343 g/mol. The Bertz CT molecular complexity index is 895. The molecule has 0 fully saturated rings. The quantitative estimate of drug-likeness (QED) is 0.780. The molecule has 0 unspecified atom stereocenters. The van der Waals surface area contributed by atoms with Crippen LogP contribution in [0.15, 0.2) is 42.5 Å². The number of anilines is 1. The number of carbonyl (C=O) groups is 1. The summed E-state index contributed by atoms with van der Waals surface area (Å²) in [5, 5.41) is 2.88. The maximum atomic E-state index is 13.8. The molecule has 1 heterocycles. The Labute approximate surface area is 142 Å². The van der Waals surface area contributed by atoms with Crippen LogP contribution in [-0.2, 0) is 0 Å². The average Bonchev–Trinajstić information content (AvgIpc) is 3.05. The van der Waals surface area contributed by atoms with Crippen molar-refractivity contribution < 1.29 is 13.9 Å². The fourth-order valence-electron chi connectivity index (χ4n) is 2.13. The molecule has 24 heavy (non-hydrogen) atoms. The van der Waals surface area contributed by atoms with Gasteiger partial charge in [-0.1, -0.05) is 23.8 Å². The lowest BCUT2D eigenvalue weighted by Crippen LogP contribution is -2.13. The molecule has 5 nitrogen and oxygen atoms in total. The molecule has 122 valence electrons. The minimum atomic E-state index is -0.573. The monoisotopic (exact) mass is 343 g/mol. The van der Waals surface area contributed by atoms with E-state index >= 15 is 0 Å². The second-order valence-corrected chi connectivity index (χ2v) is 5.84. The molecule has 0 aliphatic carbocycles. The molecule has 0 spiro atoms. The Balaban J connectivity index is 1.81. The molecule has 0 radical (unpaired) electrons. The molecule has 0 atom stereocenters. The summed E-state index contributed by atoms with van der Waals surface area (Å²) in [5.74, 6) is 0.0359. The van der Waals surface area contributed by atoms with Gasteiger partial charge in [-0.15, -0.1) is 0 Å². The van der Waals surface area contributed by atoms with E-state index < -0.39 is 11.7 Å². The number of rotatable bonds is 4. The summed E-state index contributed by atoms with van der Waals surface area (Å²) >= 11 is 1.03. The zero-order chi connectivity index (χ0) is 17.1. The van der Waals surface area contributed by atoms with Crippen molar-refractivity contribution in [1.82, 2.24) is 9.36 Å². The van der Waals surface area contributed by atoms with Gasteiger partial charge in [-0.25, -0.2) is 4.39 Å². The molecule has 1 aromatic heterocycles. The second-order valence-electron chi connectivity index (χ2n) is 5.09. The highest BCUT2D eigenvalue weighted by Gasteiger charge is 2.15. The zero-order valence-corrected chi connectivity index (χ0v) is 13.9. The van der Waals surface area contributed by atoms with Crippen LogP contribution in [0.1, 0.15) is 15.9 Å². The molecule has 0 aliphatic heterocycles. The minimum Gasteiger partial charge on any atom is -0.497 e. The molecule has 2 aromatic carbocycles. The van der Waals surface area contributed by atoms with Gasteiger partial charge in [0.25, 0.3) is 5.91 Å². The maximum Gasteiger partial charge on any atom is 0.260 e. The molecule has 0 saturated heterocycles. The molecule has 0 bridgehead atoms. The van der Waals surface area contributed by atoms with Gasteiger partial charge in [-0.05, 0) is 31.2 Å². The van der Waals surface area contributed by atoms with Crippen LogP contribution >= 0.6 is 11.5 Å². The van der Waals surface area contributed by atoms with E-state index in [0.717, 1.165) is 22.7 Å². The number of amides is 1. The van der Waals surface area contributed by atoms with Gasteiger partial charge in [-0.2, -0.15) is 9.36 Å². The molecule has 1 amide bonds. The third-order valence-electron chi connectivity index (χ3n) is 3.34. The first-order valence-corrected chi connectivity index (χ1v) is 7.90. The number of hydrogen-bond donors (Lipinski definition) is 1. The fourth-order valence-corrected chi connectivity index (χ4v) is 2.72. The van der Waals surface area contributed by atoms with Crippen molar-refractivity contribution in [2.75, 3.05) is 12.4 Å². The number of methoxy groups -OCH3 is 1. The van der Waals surface area contributed by atoms with E-state index in [1.54, 1.807) is 26.2 Å². The van der Waals surface area contributed by atoms with Gasteiger partial charge in [0, 0.05) is 17.1 Å². The topological polar surface area (TPSA) is 64.1 Å². The predicted molar refractivity (Wildman–Crippen MR) is 91.0 cm³/mol. The summed E-state index contributed by atoms with van der Waals surface area (Å²) < 4.78 is 23.2. The van der Waals surface area contributed by atoms with Crippen molar-refractivity contribution in [1.29, 1.82) is 0 Å². The molecule has 3 aromatic rings. The first kappa shape index (κ1) is 16.1. The highest BCUT2D eigenvalue weighted by atomic mass is 32.1. The van der Waals surface area contributed by atoms with E-state index in [4.69, 9.17) is 4.74 Å². The molecule has 0 saturated carbocycles. The van der Waals surface area contributed by atoms with E-state index in [0.29, 0.717) is 16.7 Å². The highest BCUT2D eigenvalue weighted by molar-refractivity contribution is 7.10. The molecule has 1 N–H and O–H groups in total. The predicted octanol–water partition coefficient (Wildman–Crippen LogP) is 3.91. The Morgan fingerprint density at radius 1 is 1.25 bits per heavy atom. The van der Waals surface area contributed by atoms with Crippen molar-refractivity contribution in [3.8, 4) is 17.1 Å². The second kappa shape index (κ2) is 6.76. The number of nitrogens with zero attached hydrogens (tertiary/aromatic N) is 2. The van der Waals surface area contributed by atoms with E-state index in [-0.39, 0.29) is 5.56 Å². The lowest BCUT2D eigenvalue weighted by atomic mass is 10.1. The summed E-state index contributed by atoms with van der Waals surface area (Å²) in [7, 11) is 1.58. The van der Waals surface area contributed by atoms with Crippen LogP contribution in [0.5, 0.6) is 5.75 Å². The molecule has 7 heteroatoms. The molecular formula is C17H14FN3O2S. The number of ether oxygens (including phenoxy) is 1. The number of aryl methyl sites for hydroxylation is 1. The van der Waals surface area contributed by atoms with Crippen molar-refractivity contribution in [2.45, 2.75) is 6.92 Å². The van der Waals surface area contributed by atoms with Crippen molar-refractivity contribution in [3.05, 3.63) is 59.4 Å². The summed E-state index contributed by atoms with van der Waals surface area (Å²) in [6.45, 7) is 1.79. The lowest BCUT2D eigenvalue weighted by Gasteiger charge is -2.04. The Hall–Kier alpha value is -2.80. The number of benzene rings is 2. The number of hydrogen-bond acceptors (Lipinski definition) is 5. The number of halogens is 1. The maximum absolute atomic E-state index is 13.8. The summed E-state index contributed by atoms with van der Waals surface area (Å²) in [5.41, 5.74) is 1.55. The Kier molecular flexibility index (Phi) is 4.52. The summed E-state index contributed by atoms with van der Waals surface area (Å²) in [4.78, 5) is 16.5. The van der Waals surface area contributed by atoms with Crippen LogP contribution in [0.3, 0.4) is 0 Å².